The Morgan fingerprint density at radius 1 is 1.06 bits per heavy atom. The average Bonchev–Trinajstić information content (AvgIpc) is 3.32. The zero-order chi connectivity index (χ0) is 21.5. The number of carbonyl (C=O) groups is 1. The maximum absolute atomic E-state index is 12.9. The van der Waals surface area contributed by atoms with Crippen LogP contribution < -0.4 is 10.2 Å². The van der Waals surface area contributed by atoms with Gasteiger partial charge in [-0.15, -0.1) is 0 Å². The van der Waals surface area contributed by atoms with Gasteiger partial charge < -0.3 is 19.5 Å². The Morgan fingerprint density at radius 3 is 2.45 bits per heavy atom. The number of ether oxygens (including phenoxy) is 1. The van der Waals surface area contributed by atoms with Crippen molar-refractivity contribution < 1.29 is 9.53 Å². The molecule has 1 amide bonds. The lowest BCUT2D eigenvalue weighted by Gasteiger charge is -2.36. The minimum absolute atomic E-state index is 0.0553. The van der Waals surface area contributed by atoms with Crippen LogP contribution >= 0.6 is 23.2 Å². The minimum Gasteiger partial charge on any atom is -0.379 e. The molecule has 0 spiro atoms. The zero-order valence-corrected chi connectivity index (χ0v) is 19.5. The third-order valence-corrected chi connectivity index (χ3v) is 8.11. The molecule has 2 atom stereocenters. The van der Waals surface area contributed by atoms with Crippen molar-refractivity contribution in [3.63, 3.8) is 0 Å². The second-order valence-corrected chi connectivity index (χ2v) is 10.0. The monoisotopic (exact) mass is 464 g/mol. The first-order chi connectivity index (χ1) is 15.0. The molecule has 168 valence electrons. The lowest BCUT2D eigenvalue weighted by atomic mass is 9.92. The van der Waals surface area contributed by atoms with Crippen molar-refractivity contribution in [3.05, 3.63) is 22.2 Å². The van der Waals surface area contributed by atoms with Crippen LogP contribution in [0.15, 0.2) is 12.1 Å². The number of hydrogen-bond acceptors (Lipinski definition) is 4. The predicted octanol–water partition coefficient (Wildman–Crippen LogP) is 4.97. The fourth-order valence-electron chi connectivity index (χ4n) is 5.32. The van der Waals surface area contributed by atoms with E-state index in [0.29, 0.717) is 16.1 Å². The van der Waals surface area contributed by atoms with Gasteiger partial charge in [-0.25, -0.2) is 4.98 Å². The molecule has 2 aromatic rings. The second-order valence-electron chi connectivity index (χ2n) is 9.20. The summed E-state index contributed by atoms with van der Waals surface area (Å²) in [6, 6.07) is 4.44. The van der Waals surface area contributed by atoms with Crippen molar-refractivity contribution in [2.75, 3.05) is 25.1 Å². The normalized spacial score (nSPS) is 25.2. The van der Waals surface area contributed by atoms with Gasteiger partial charge in [-0.1, -0.05) is 23.2 Å². The SMILES string of the molecule is COC1CCCC1NC(=O)C1CCN(c2nc3cc(Cl)c(Cl)cc3n2C2CCC2)CC1. The molecule has 1 N–H and O–H groups in total. The summed E-state index contributed by atoms with van der Waals surface area (Å²) in [6.07, 6.45) is 8.58. The number of hydrogen-bond donors (Lipinski definition) is 1. The number of methoxy groups -OCH3 is 1. The summed E-state index contributed by atoms with van der Waals surface area (Å²) in [5.74, 6) is 1.23. The summed E-state index contributed by atoms with van der Waals surface area (Å²) in [4.78, 5) is 20.1. The van der Waals surface area contributed by atoms with E-state index in [1.165, 1.54) is 19.3 Å². The van der Waals surface area contributed by atoms with Crippen LogP contribution in [0.1, 0.15) is 57.4 Å². The van der Waals surface area contributed by atoms with E-state index in [1.54, 1.807) is 7.11 Å². The molecule has 1 aliphatic heterocycles. The Kier molecular flexibility index (Phi) is 6.06. The lowest BCUT2D eigenvalue weighted by molar-refractivity contribution is -0.127. The Morgan fingerprint density at radius 2 is 1.77 bits per heavy atom. The molecule has 1 aromatic heterocycles. The third-order valence-electron chi connectivity index (χ3n) is 7.38. The van der Waals surface area contributed by atoms with E-state index in [4.69, 9.17) is 32.9 Å². The molecule has 0 radical (unpaired) electrons. The first-order valence-corrected chi connectivity index (χ1v) is 12.3. The van der Waals surface area contributed by atoms with Gasteiger partial charge in [0, 0.05) is 32.2 Å². The molecule has 3 fully saturated rings. The largest absolute Gasteiger partial charge is 0.379 e. The van der Waals surface area contributed by atoms with Crippen molar-refractivity contribution in [2.45, 2.75) is 69.6 Å². The van der Waals surface area contributed by atoms with E-state index in [0.717, 1.165) is 62.2 Å². The minimum atomic E-state index is 0.0553. The highest BCUT2D eigenvalue weighted by Gasteiger charge is 2.34. The molecule has 2 aliphatic carbocycles. The fraction of sp³-hybridized carbons (Fsp3) is 0.652. The van der Waals surface area contributed by atoms with Crippen molar-refractivity contribution in [3.8, 4) is 0 Å². The number of benzene rings is 1. The number of anilines is 1. The maximum atomic E-state index is 12.9. The van der Waals surface area contributed by atoms with Crippen molar-refractivity contribution in [1.29, 1.82) is 0 Å². The van der Waals surface area contributed by atoms with E-state index in [1.807, 2.05) is 12.1 Å². The lowest BCUT2D eigenvalue weighted by Crippen LogP contribution is -2.47. The summed E-state index contributed by atoms with van der Waals surface area (Å²) in [6.45, 7) is 1.65. The number of nitrogens with zero attached hydrogens (tertiary/aromatic N) is 3. The first-order valence-electron chi connectivity index (χ1n) is 11.5. The highest BCUT2D eigenvalue weighted by molar-refractivity contribution is 6.42. The number of nitrogens with one attached hydrogen (secondary N) is 1. The Labute approximate surface area is 193 Å². The molecule has 2 unspecified atom stereocenters. The molecular weight excluding hydrogens is 435 g/mol. The molecule has 2 heterocycles. The Hall–Kier alpha value is -1.50. The van der Waals surface area contributed by atoms with Gasteiger partial charge in [0.15, 0.2) is 0 Å². The van der Waals surface area contributed by atoms with Gasteiger partial charge >= 0.3 is 0 Å². The van der Waals surface area contributed by atoms with Gasteiger partial charge in [-0.3, -0.25) is 4.79 Å². The molecule has 6 nitrogen and oxygen atoms in total. The van der Waals surface area contributed by atoms with Crippen LogP contribution in [0.2, 0.25) is 10.0 Å². The average molecular weight is 465 g/mol. The summed E-state index contributed by atoms with van der Waals surface area (Å²) >= 11 is 12.6. The molecule has 1 aromatic carbocycles. The van der Waals surface area contributed by atoms with Gasteiger partial charge in [-0.2, -0.15) is 0 Å². The highest BCUT2D eigenvalue weighted by atomic mass is 35.5. The number of amides is 1. The number of aromatic nitrogens is 2. The number of fused-ring (bicyclic) bond motifs is 1. The van der Waals surface area contributed by atoms with Gasteiger partial charge in [-0.05, 0) is 63.5 Å². The number of rotatable bonds is 5. The molecule has 3 aliphatic rings. The Bertz CT molecular complexity index is 966. The summed E-state index contributed by atoms with van der Waals surface area (Å²) in [5, 5.41) is 4.36. The molecule has 1 saturated heterocycles. The summed E-state index contributed by atoms with van der Waals surface area (Å²) in [7, 11) is 1.74. The molecule has 31 heavy (non-hydrogen) atoms. The Balaban J connectivity index is 1.31. The number of halogens is 2. The van der Waals surface area contributed by atoms with E-state index >= 15 is 0 Å². The summed E-state index contributed by atoms with van der Waals surface area (Å²) < 4.78 is 7.88. The van der Waals surface area contributed by atoms with E-state index < -0.39 is 0 Å². The molecule has 8 heteroatoms. The number of imidazole rings is 1. The van der Waals surface area contributed by atoms with Crippen LogP contribution in [0, 0.1) is 5.92 Å². The molecule has 0 bridgehead atoms. The first kappa shape index (κ1) is 21.4. The van der Waals surface area contributed by atoms with Crippen LogP contribution in [-0.4, -0.2) is 47.8 Å². The number of piperidine rings is 1. The van der Waals surface area contributed by atoms with Gasteiger partial charge in [0.25, 0.3) is 0 Å². The highest BCUT2D eigenvalue weighted by Crippen LogP contribution is 2.40. The predicted molar refractivity (Wildman–Crippen MR) is 124 cm³/mol. The maximum Gasteiger partial charge on any atom is 0.223 e. The van der Waals surface area contributed by atoms with Gasteiger partial charge in [0.05, 0.1) is 33.2 Å². The molecule has 2 saturated carbocycles. The standard InChI is InChI=1S/C23H30Cl2N4O2/c1-31-21-7-3-6-18(21)26-22(30)14-8-10-28(11-9-14)23-27-19-12-16(24)17(25)13-20(19)29(23)15-4-2-5-15/h12-15,18,21H,2-11H2,1H3,(H,26,30). The van der Waals surface area contributed by atoms with Crippen molar-refractivity contribution in [1.82, 2.24) is 14.9 Å². The molecule has 5 rings (SSSR count). The fourth-order valence-corrected chi connectivity index (χ4v) is 5.64. The van der Waals surface area contributed by atoms with Crippen LogP contribution in [-0.2, 0) is 9.53 Å². The zero-order valence-electron chi connectivity index (χ0n) is 17.9. The van der Waals surface area contributed by atoms with Gasteiger partial charge in [0.1, 0.15) is 0 Å². The topological polar surface area (TPSA) is 59.4 Å². The van der Waals surface area contributed by atoms with Crippen molar-refractivity contribution >= 4 is 46.1 Å². The quantitative estimate of drug-likeness (QED) is 0.678. The van der Waals surface area contributed by atoms with E-state index in [2.05, 4.69) is 14.8 Å². The van der Waals surface area contributed by atoms with Crippen LogP contribution in [0.25, 0.3) is 11.0 Å². The van der Waals surface area contributed by atoms with Crippen molar-refractivity contribution in [2.24, 2.45) is 5.92 Å². The second kappa shape index (κ2) is 8.80. The smallest absolute Gasteiger partial charge is 0.223 e. The van der Waals surface area contributed by atoms with Crippen LogP contribution in [0.3, 0.4) is 0 Å². The molecular formula is C23H30Cl2N4O2. The number of carbonyl (C=O) groups excluding carboxylic acids is 1. The van der Waals surface area contributed by atoms with E-state index in [9.17, 15) is 4.79 Å². The summed E-state index contributed by atoms with van der Waals surface area (Å²) in [5.41, 5.74) is 1.95. The van der Waals surface area contributed by atoms with Crippen LogP contribution in [0.5, 0.6) is 0 Å². The van der Waals surface area contributed by atoms with E-state index in [-0.39, 0.29) is 24.0 Å². The van der Waals surface area contributed by atoms with Gasteiger partial charge in [0.2, 0.25) is 11.9 Å². The third kappa shape index (κ3) is 4.03. The van der Waals surface area contributed by atoms with Crippen LogP contribution in [0.4, 0.5) is 5.95 Å².